The van der Waals surface area contributed by atoms with Crippen molar-refractivity contribution in [3.05, 3.63) is 102 Å². The topological polar surface area (TPSA) is 60.8 Å². The molecule has 1 aromatic heterocycles. The number of hydrogen-bond donors (Lipinski definition) is 0. The average Bonchev–Trinajstić information content (AvgIpc) is 3.64. The average molecular weight is 565 g/mol. The molecule has 6 rings (SSSR count). The van der Waals surface area contributed by atoms with Gasteiger partial charge in [-0.25, -0.2) is 4.79 Å². The number of unbranched alkanes of at least 4 members (excludes halogenated alkanes) is 2. The van der Waals surface area contributed by atoms with E-state index in [0.29, 0.717) is 0 Å². The first-order valence-corrected chi connectivity index (χ1v) is 15.1. The number of fused-ring (bicyclic) bond motifs is 1. The number of Topliss-reactive ketones (excluding diaryl/α,β-unsaturated/α-hetero) is 1. The first-order valence-electron chi connectivity index (χ1n) is 15.1. The van der Waals surface area contributed by atoms with Gasteiger partial charge in [0.15, 0.2) is 5.78 Å². The summed E-state index contributed by atoms with van der Waals surface area (Å²) in [6.45, 7) is 4.55. The molecule has 2 aliphatic rings. The molecule has 0 N–H and O–H groups in total. The SMILES string of the molecule is CCCCC[C@@H]1[C@@H](N2C(=O)OC[C@@H]2c2ccccc2)C(=O)[C@](C)(c2cn(C)c3ccccc23)[C@H]1c1ccc(OC)cc1. The third-order valence-electron chi connectivity index (χ3n) is 9.70. The minimum atomic E-state index is -0.874. The number of carbonyl (C=O) groups is 2. The molecule has 1 aliphatic heterocycles. The molecule has 0 spiro atoms. The van der Waals surface area contributed by atoms with Gasteiger partial charge in [0.2, 0.25) is 0 Å². The van der Waals surface area contributed by atoms with Crippen molar-refractivity contribution >= 4 is 22.8 Å². The van der Waals surface area contributed by atoms with Crippen LogP contribution in [0.4, 0.5) is 4.79 Å². The van der Waals surface area contributed by atoms with Gasteiger partial charge in [-0.15, -0.1) is 0 Å². The van der Waals surface area contributed by atoms with Crippen LogP contribution in [0.5, 0.6) is 5.75 Å². The lowest BCUT2D eigenvalue weighted by molar-refractivity contribution is -0.126. The zero-order valence-corrected chi connectivity index (χ0v) is 25.0. The minimum absolute atomic E-state index is 0.0842. The van der Waals surface area contributed by atoms with E-state index in [9.17, 15) is 4.79 Å². The van der Waals surface area contributed by atoms with E-state index >= 15 is 4.79 Å². The van der Waals surface area contributed by atoms with Crippen LogP contribution < -0.4 is 4.74 Å². The smallest absolute Gasteiger partial charge is 0.411 e. The highest BCUT2D eigenvalue weighted by molar-refractivity contribution is 6.03. The molecule has 1 saturated heterocycles. The summed E-state index contributed by atoms with van der Waals surface area (Å²) in [5.41, 5.74) is 3.30. The number of rotatable bonds is 9. The third kappa shape index (κ3) is 4.48. The molecular weight excluding hydrogens is 524 g/mol. The largest absolute Gasteiger partial charge is 0.497 e. The number of benzene rings is 3. The van der Waals surface area contributed by atoms with Gasteiger partial charge >= 0.3 is 6.09 Å². The fraction of sp³-hybridized carbons (Fsp3) is 0.389. The number of para-hydroxylation sites is 1. The summed E-state index contributed by atoms with van der Waals surface area (Å²) in [6.07, 6.45) is 5.70. The van der Waals surface area contributed by atoms with Gasteiger partial charge in [-0.1, -0.05) is 86.8 Å². The Morgan fingerprint density at radius 3 is 2.36 bits per heavy atom. The van der Waals surface area contributed by atoms with E-state index in [1.54, 1.807) is 12.0 Å². The van der Waals surface area contributed by atoms with Gasteiger partial charge in [0.25, 0.3) is 0 Å². The molecule has 0 radical (unpaired) electrons. The number of ether oxygens (including phenoxy) is 2. The van der Waals surface area contributed by atoms with Crippen LogP contribution in [0, 0.1) is 5.92 Å². The van der Waals surface area contributed by atoms with Gasteiger partial charge in [-0.2, -0.15) is 0 Å². The van der Waals surface area contributed by atoms with Gasteiger partial charge < -0.3 is 14.0 Å². The highest BCUT2D eigenvalue weighted by atomic mass is 16.6. The quantitative estimate of drug-likeness (QED) is 0.197. The normalized spacial score (nSPS) is 25.8. The number of nitrogens with zero attached hydrogens (tertiary/aromatic N) is 2. The predicted molar refractivity (Wildman–Crippen MR) is 165 cm³/mol. The van der Waals surface area contributed by atoms with Crippen LogP contribution in [0.1, 0.15) is 68.2 Å². The van der Waals surface area contributed by atoms with E-state index in [1.807, 2.05) is 61.6 Å². The van der Waals surface area contributed by atoms with Crippen molar-refractivity contribution in [2.24, 2.45) is 13.0 Å². The number of carbonyl (C=O) groups excluding carboxylic acids is 2. The number of aromatic nitrogens is 1. The van der Waals surface area contributed by atoms with E-state index in [4.69, 9.17) is 9.47 Å². The molecule has 4 aromatic rings. The lowest BCUT2D eigenvalue weighted by Gasteiger charge is -2.34. The van der Waals surface area contributed by atoms with Crippen molar-refractivity contribution in [3.8, 4) is 5.75 Å². The van der Waals surface area contributed by atoms with Crippen LogP contribution in [0.3, 0.4) is 0 Å². The van der Waals surface area contributed by atoms with Crippen LogP contribution >= 0.6 is 0 Å². The first kappa shape index (κ1) is 28.1. The summed E-state index contributed by atoms with van der Waals surface area (Å²) < 4.78 is 13.3. The van der Waals surface area contributed by atoms with Crippen molar-refractivity contribution in [2.45, 2.75) is 62.9 Å². The van der Waals surface area contributed by atoms with Gasteiger partial charge in [-0.3, -0.25) is 9.69 Å². The van der Waals surface area contributed by atoms with E-state index in [0.717, 1.165) is 59.0 Å². The summed E-state index contributed by atoms with van der Waals surface area (Å²) in [7, 11) is 3.71. The van der Waals surface area contributed by atoms with Crippen molar-refractivity contribution in [1.29, 1.82) is 0 Å². The Bertz CT molecular complexity index is 1580. The Balaban J connectivity index is 1.57. The molecule has 2 heterocycles. The molecule has 5 atom stereocenters. The molecule has 6 heteroatoms. The first-order chi connectivity index (χ1) is 20.4. The van der Waals surface area contributed by atoms with Gasteiger partial charge in [0.1, 0.15) is 12.4 Å². The van der Waals surface area contributed by atoms with E-state index < -0.39 is 17.6 Å². The summed E-state index contributed by atoms with van der Waals surface area (Å²) in [6, 6.07) is 25.5. The molecule has 42 heavy (non-hydrogen) atoms. The number of methoxy groups -OCH3 is 1. The maximum absolute atomic E-state index is 15.3. The second kappa shape index (κ2) is 11.3. The Morgan fingerprint density at radius 2 is 1.64 bits per heavy atom. The fourth-order valence-electron chi connectivity index (χ4n) is 7.67. The molecular formula is C36H40N2O4. The standard InChI is InChI=1S/C36H40N2O4/c1-5-6-8-16-28-32(25-18-20-26(41-4)21-19-25)36(2,29-22-37(3)30-17-12-11-15-27(29)30)34(39)33(28)38-31(23-42-35(38)40)24-13-9-7-10-14-24/h7,9-15,17-22,28,31-33H,5-6,8,16,23H2,1-4H3/t28-,31+,32-,33+,36+/m0/s1. The highest BCUT2D eigenvalue weighted by Gasteiger charge is 2.63. The van der Waals surface area contributed by atoms with Crippen LogP contribution in [0.2, 0.25) is 0 Å². The molecule has 218 valence electrons. The van der Waals surface area contributed by atoms with E-state index in [1.165, 1.54) is 0 Å². The number of cyclic esters (lactones) is 1. The van der Waals surface area contributed by atoms with Crippen LogP contribution in [-0.4, -0.2) is 41.1 Å². The third-order valence-corrected chi connectivity index (χ3v) is 9.70. The van der Waals surface area contributed by atoms with E-state index in [2.05, 4.69) is 48.9 Å². The molecule has 1 aliphatic carbocycles. The highest BCUT2D eigenvalue weighted by Crippen LogP contribution is 2.57. The zero-order valence-electron chi connectivity index (χ0n) is 25.0. The molecule has 6 nitrogen and oxygen atoms in total. The van der Waals surface area contributed by atoms with Crippen molar-refractivity contribution in [3.63, 3.8) is 0 Å². The second-order valence-corrected chi connectivity index (χ2v) is 12.0. The Hall–Kier alpha value is -4.06. The van der Waals surface area contributed by atoms with Crippen molar-refractivity contribution in [2.75, 3.05) is 13.7 Å². The Labute approximate surface area is 248 Å². The number of hydrogen-bond acceptors (Lipinski definition) is 4. The zero-order chi connectivity index (χ0) is 29.4. The predicted octanol–water partition coefficient (Wildman–Crippen LogP) is 7.57. The van der Waals surface area contributed by atoms with Crippen molar-refractivity contribution < 1.29 is 19.1 Å². The Kier molecular flexibility index (Phi) is 7.56. The van der Waals surface area contributed by atoms with Crippen molar-refractivity contribution in [1.82, 2.24) is 9.47 Å². The lowest BCUT2D eigenvalue weighted by Crippen LogP contribution is -2.46. The second-order valence-electron chi connectivity index (χ2n) is 12.0. The maximum atomic E-state index is 15.3. The molecule has 3 aromatic carbocycles. The summed E-state index contributed by atoms with van der Waals surface area (Å²) in [5.74, 6) is 0.633. The van der Waals surface area contributed by atoms with Crippen LogP contribution in [0.25, 0.3) is 10.9 Å². The molecule has 0 bridgehead atoms. The monoisotopic (exact) mass is 564 g/mol. The molecule has 1 amide bonds. The minimum Gasteiger partial charge on any atom is -0.497 e. The molecule has 0 unspecified atom stereocenters. The van der Waals surface area contributed by atoms with Gasteiger partial charge in [-0.05, 0) is 54.2 Å². The van der Waals surface area contributed by atoms with Gasteiger partial charge in [0, 0.05) is 30.1 Å². The van der Waals surface area contributed by atoms with Crippen LogP contribution in [-0.2, 0) is 22.0 Å². The number of ketones is 1. The summed E-state index contributed by atoms with van der Waals surface area (Å²) in [5, 5.41) is 1.07. The lowest BCUT2D eigenvalue weighted by atomic mass is 9.68. The number of amides is 1. The van der Waals surface area contributed by atoms with Crippen LogP contribution in [0.15, 0.2) is 85.1 Å². The summed E-state index contributed by atoms with van der Waals surface area (Å²) in [4.78, 5) is 30.6. The fourth-order valence-corrected chi connectivity index (χ4v) is 7.67. The van der Waals surface area contributed by atoms with Gasteiger partial charge in [0.05, 0.1) is 24.6 Å². The van der Waals surface area contributed by atoms with E-state index in [-0.39, 0.29) is 30.3 Å². The molecule has 1 saturated carbocycles. The number of aryl methyl sites for hydroxylation is 1. The Morgan fingerprint density at radius 1 is 0.929 bits per heavy atom. The summed E-state index contributed by atoms with van der Waals surface area (Å²) >= 11 is 0. The maximum Gasteiger partial charge on any atom is 0.411 e. The molecule has 2 fully saturated rings.